The molecule has 0 saturated carbocycles. The quantitative estimate of drug-likeness (QED) is 0.296. The van der Waals surface area contributed by atoms with Gasteiger partial charge in [-0.15, -0.1) is 24.0 Å². The second-order valence-electron chi connectivity index (χ2n) is 6.72. The van der Waals surface area contributed by atoms with Crippen LogP contribution in [0.1, 0.15) is 38.8 Å². The minimum absolute atomic E-state index is 0. The number of amides is 2. The van der Waals surface area contributed by atoms with E-state index in [-0.39, 0.29) is 35.8 Å². The predicted molar refractivity (Wildman–Crippen MR) is 131 cm³/mol. The minimum atomic E-state index is -0.103. The number of guanidine groups is 1. The first-order valence-electron chi connectivity index (χ1n) is 9.58. The molecule has 0 heterocycles. The third-order valence-electron chi connectivity index (χ3n) is 4.27. The van der Waals surface area contributed by atoms with Crippen LogP contribution in [-0.2, 0) is 13.1 Å². The molecule has 162 valence electrons. The van der Waals surface area contributed by atoms with Crippen LogP contribution in [-0.4, -0.2) is 50.4 Å². The van der Waals surface area contributed by atoms with Crippen molar-refractivity contribution in [2.75, 3.05) is 27.7 Å². The Morgan fingerprint density at radius 1 is 0.900 bits per heavy atom. The summed E-state index contributed by atoms with van der Waals surface area (Å²) in [6.45, 7) is 3.85. The molecule has 0 fully saturated rings. The van der Waals surface area contributed by atoms with Crippen LogP contribution in [0.25, 0.3) is 0 Å². The van der Waals surface area contributed by atoms with E-state index in [1.54, 1.807) is 38.2 Å². The van der Waals surface area contributed by atoms with Crippen molar-refractivity contribution in [2.24, 2.45) is 4.99 Å². The smallest absolute Gasteiger partial charge is 0.253 e. The molecule has 0 atom stereocenters. The topological polar surface area (TPSA) is 85.8 Å². The molecule has 0 aromatic heterocycles. The van der Waals surface area contributed by atoms with Crippen molar-refractivity contribution in [2.45, 2.75) is 20.0 Å². The SMILES string of the molecule is CCNC(=NCc1ccc(C(=O)NC)cc1)NCc1ccc(C(=O)N(C)C)cc1.I. The Bertz CT molecular complexity index is 849. The van der Waals surface area contributed by atoms with Crippen LogP contribution in [0.2, 0.25) is 0 Å². The van der Waals surface area contributed by atoms with E-state index in [1.807, 2.05) is 43.3 Å². The Morgan fingerprint density at radius 3 is 2.00 bits per heavy atom. The van der Waals surface area contributed by atoms with Crippen LogP contribution in [0, 0.1) is 0 Å². The van der Waals surface area contributed by atoms with Crippen molar-refractivity contribution in [1.82, 2.24) is 20.9 Å². The molecular formula is C22H30IN5O2. The number of halogens is 1. The fraction of sp³-hybridized carbons (Fsp3) is 0.318. The van der Waals surface area contributed by atoms with Crippen LogP contribution in [0.15, 0.2) is 53.5 Å². The van der Waals surface area contributed by atoms with Gasteiger partial charge in [-0.05, 0) is 42.3 Å². The van der Waals surface area contributed by atoms with Gasteiger partial charge in [0, 0.05) is 45.4 Å². The Morgan fingerprint density at radius 2 is 1.47 bits per heavy atom. The first-order chi connectivity index (χ1) is 13.9. The van der Waals surface area contributed by atoms with Gasteiger partial charge in [-0.1, -0.05) is 24.3 Å². The normalized spacial score (nSPS) is 10.6. The van der Waals surface area contributed by atoms with Gasteiger partial charge in [-0.2, -0.15) is 0 Å². The number of aliphatic imine (C=N–C) groups is 1. The zero-order chi connectivity index (χ0) is 21.2. The summed E-state index contributed by atoms with van der Waals surface area (Å²) >= 11 is 0. The maximum absolute atomic E-state index is 12.0. The van der Waals surface area contributed by atoms with E-state index < -0.39 is 0 Å². The summed E-state index contributed by atoms with van der Waals surface area (Å²) in [5, 5.41) is 9.12. The predicted octanol–water partition coefficient (Wildman–Crippen LogP) is 2.62. The fourth-order valence-corrected chi connectivity index (χ4v) is 2.63. The number of nitrogens with one attached hydrogen (secondary N) is 3. The highest BCUT2D eigenvalue weighted by Crippen LogP contribution is 2.07. The van der Waals surface area contributed by atoms with Gasteiger partial charge in [-0.25, -0.2) is 4.99 Å². The van der Waals surface area contributed by atoms with Crippen LogP contribution in [0.5, 0.6) is 0 Å². The van der Waals surface area contributed by atoms with E-state index in [0.717, 1.165) is 17.7 Å². The Hall–Kier alpha value is -2.62. The van der Waals surface area contributed by atoms with Crippen molar-refractivity contribution in [3.05, 3.63) is 70.8 Å². The summed E-state index contributed by atoms with van der Waals surface area (Å²) in [6.07, 6.45) is 0. The number of hydrogen-bond donors (Lipinski definition) is 3. The molecule has 2 amide bonds. The number of benzene rings is 2. The molecule has 7 nitrogen and oxygen atoms in total. The van der Waals surface area contributed by atoms with E-state index in [4.69, 9.17) is 0 Å². The van der Waals surface area contributed by atoms with Crippen LogP contribution in [0.3, 0.4) is 0 Å². The van der Waals surface area contributed by atoms with Gasteiger partial charge >= 0.3 is 0 Å². The third-order valence-corrected chi connectivity index (χ3v) is 4.27. The fourth-order valence-electron chi connectivity index (χ4n) is 2.63. The molecule has 0 aliphatic heterocycles. The second-order valence-corrected chi connectivity index (χ2v) is 6.72. The van der Waals surface area contributed by atoms with E-state index in [0.29, 0.717) is 30.2 Å². The molecule has 0 aliphatic rings. The summed E-state index contributed by atoms with van der Waals surface area (Å²) < 4.78 is 0. The van der Waals surface area contributed by atoms with Gasteiger partial charge in [0.2, 0.25) is 0 Å². The van der Waals surface area contributed by atoms with E-state index in [9.17, 15) is 9.59 Å². The van der Waals surface area contributed by atoms with E-state index in [1.165, 1.54) is 0 Å². The number of carbonyl (C=O) groups is 2. The molecule has 30 heavy (non-hydrogen) atoms. The maximum atomic E-state index is 12.0. The first-order valence-corrected chi connectivity index (χ1v) is 9.58. The summed E-state index contributed by atoms with van der Waals surface area (Å²) in [5.74, 6) is 0.589. The summed E-state index contributed by atoms with van der Waals surface area (Å²) in [5.41, 5.74) is 3.36. The molecule has 3 N–H and O–H groups in total. The molecule has 0 bridgehead atoms. The van der Waals surface area contributed by atoms with E-state index in [2.05, 4.69) is 20.9 Å². The lowest BCUT2D eigenvalue weighted by atomic mass is 10.1. The highest BCUT2D eigenvalue weighted by molar-refractivity contribution is 14.0. The molecule has 2 aromatic rings. The highest BCUT2D eigenvalue weighted by atomic mass is 127. The monoisotopic (exact) mass is 523 g/mol. The molecule has 0 unspecified atom stereocenters. The molecule has 0 spiro atoms. The van der Waals surface area contributed by atoms with Crippen molar-refractivity contribution >= 4 is 41.8 Å². The Balaban J connectivity index is 0.00000450. The average Bonchev–Trinajstić information content (AvgIpc) is 2.75. The minimum Gasteiger partial charge on any atom is -0.357 e. The average molecular weight is 523 g/mol. The van der Waals surface area contributed by atoms with Crippen LogP contribution in [0.4, 0.5) is 0 Å². The maximum Gasteiger partial charge on any atom is 0.253 e. The lowest BCUT2D eigenvalue weighted by molar-refractivity contribution is 0.0827. The number of rotatable bonds is 7. The second kappa shape index (κ2) is 12.8. The summed E-state index contributed by atoms with van der Waals surface area (Å²) in [6, 6.07) is 14.9. The molecule has 0 aliphatic carbocycles. The lowest BCUT2D eigenvalue weighted by Crippen LogP contribution is -2.36. The zero-order valence-electron chi connectivity index (χ0n) is 17.9. The van der Waals surface area contributed by atoms with Crippen molar-refractivity contribution in [1.29, 1.82) is 0 Å². The molecular weight excluding hydrogens is 493 g/mol. The molecule has 0 radical (unpaired) electrons. The zero-order valence-corrected chi connectivity index (χ0v) is 20.2. The lowest BCUT2D eigenvalue weighted by Gasteiger charge is -2.13. The van der Waals surface area contributed by atoms with Crippen LogP contribution < -0.4 is 16.0 Å². The van der Waals surface area contributed by atoms with Gasteiger partial charge < -0.3 is 20.9 Å². The van der Waals surface area contributed by atoms with Crippen molar-refractivity contribution in [3.8, 4) is 0 Å². The van der Waals surface area contributed by atoms with E-state index >= 15 is 0 Å². The summed E-state index contributed by atoms with van der Waals surface area (Å²) in [4.78, 5) is 29.7. The molecule has 2 aromatic carbocycles. The van der Waals surface area contributed by atoms with Crippen molar-refractivity contribution < 1.29 is 9.59 Å². The number of hydrogen-bond acceptors (Lipinski definition) is 3. The molecule has 2 rings (SSSR count). The van der Waals surface area contributed by atoms with Crippen LogP contribution >= 0.6 is 24.0 Å². The number of nitrogens with zero attached hydrogens (tertiary/aromatic N) is 2. The Kier molecular flexibility index (Phi) is 10.9. The van der Waals surface area contributed by atoms with Gasteiger partial charge in [0.05, 0.1) is 6.54 Å². The standard InChI is InChI=1S/C22H29N5O2.HI/c1-5-24-22(25-14-16-6-10-18(11-7-16)20(28)23-2)26-15-17-8-12-19(13-9-17)21(29)27(3)4;/h6-13H,5,14-15H2,1-4H3,(H,23,28)(H2,24,25,26);1H. The molecule has 0 saturated heterocycles. The van der Waals surface area contributed by atoms with Gasteiger partial charge in [0.15, 0.2) is 5.96 Å². The Labute approximate surface area is 195 Å². The van der Waals surface area contributed by atoms with Gasteiger partial charge in [0.25, 0.3) is 11.8 Å². The summed E-state index contributed by atoms with van der Waals surface area (Å²) in [7, 11) is 5.09. The third kappa shape index (κ3) is 7.66. The van der Waals surface area contributed by atoms with Gasteiger partial charge in [-0.3, -0.25) is 9.59 Å². The first kappa shape index (κ1) is 25.4. The molecule has 8 heteroatoms. The highest BCUT2D eigenvalue weighted by Gasteiger charge is 2.07. The largest absolute Gasteiger partial charge is 0.357 e. The van der Waals surface area contributed by atoms with Gasteiger partial charge in [0.1, 0.15) is 0 Å². The number of carbonyl (C=O) groups excluding carboxylic acids is 2. The van der Waals surface area contributed by atoms with Crippen molar-refractivity contribution in [3.63, 3.8) is 0 Å².